The molecule has 0 amide bonds. The summed E-state index contributed by atoms with van der Waals surface area (Å²) in [6.45, 7) is 0. The molecule has 0 fully saturated rings. The molecule has 8 heterocycles. The van der Waals surface area contributed by atoms with Gasteiger partial charge in [-0.2, -0.15) is 0 Å². The molecule has 0 aliphatic rings. The van der Waals surface area contributed by atoms with Crippen molar-refractivity contribution in [2.75, 3.05) is 0 Å². The van der Waals surface area contributed by atoms with Crippen LogP contribution in [0.4, 0.5) is 0 Å². The number of rotatable bonds is 13. The highest BCUT2D eigenvalue weighted by atomic mass is 16.3. The fourth-order valence-electron chi connectivity index (χ4n) is 17.2. The second-order valence-electron chi connectivity index (χ2n) is 28.9. The molecular weight excluding hydrogens is 1370 g/mol. The van der Waals surface area contributed by atoms with Gasteiger partial charge in [-0.1, -0.05) is 206 Å². The van der Waals surface area contributed by atoms with Gasteiger partial charge < -0.3 is 18.0 Å². The fraction of sp³-hybridized carbons (Fsp3) is 0. The molecule has 22 aromatic rings. The maximum Gasteiger partial charge on any atom is 0.135 e. The van der Waals surface area contributed by atoms with Crippen molar-refractivity contribution in [3.8, 4) is 134 Å². The molecule has 0 aliphatic carbocycles. The number of pyridine rings is 4. The summed E-state index contributed by atoms with van der Waals surface area (Å²) in [6, 6.07) is 125. The predicted octanol–water partition coefficient (Wildman–Crippen LogP) is 27.6. The minimum atomic E-state index is 0.821. The number of hydrogen-bond acceptors (Lipinski definition) is 6. The molecule has 0 atom stereocenters. The molecule has 8 heteroatoms. The van der Waals surface area contributed by atoms with E-state index in [9.17, 15) is 0 Å². The lowest BCUT2D eigenvalue weighted by Gasteiger charge is -2.15. The number of hydrogen-bond donors (Lipinski definition) is 0. The van der Waals surface area contributed by atoms with Crippen molar-refractivity contribution in [3.63, 3.8) is 0 Å². The number of furan rings is 2. The van der Waals surface area contributed by atoms with Crippen LogP contribution in [0.15, 0.2) is 398 Å². The van der Waals surface area contributed by atoms with Gasteiger partial charge in [0.05, 0.1) is 27.8 Å². The van der Waals surface area contributed by atoms with E-state index < -0.39 is 0 Å². The smallest absolute Gasteiger partial charge is 0.135 e. The summed E-state index contributed by atoms with van der Waals surface area (Å²) in [5, 5.41) is 8.94. The van der Waals surface area contributed by atoms with Crippen LogP contribution in [0.1, 0.15) is 0 Å². The molecule has 0 saturated carbocycles. The summed E-state index contributed by atoms with van der Waals surface area (Å²) >= 11 is 0. The summed E-state index contributed by atoms with van der Waals surface area (Å²) in [7, 11) is 0. The second-order valence-corrected chi connectivity index (χ2v) is 28.9. The first-order valence-corrected chi connectivity index (χ1v) is 37.8. The van der Waals surface area contributed by atoms with E-state index in [1.54, 1.807) is 0 Å². The SMILES string of the molecule is c1ccc(-c2cncc(-c3ccc4c(c3)c3ccccc3n4-c3cccc(-n4c5ccccc5c5cc(-c6ccccc6-c6cc(-c7ccc(-c8cccnc8)c(-c8ccc9oc%10ccc(-c%11ccccc%11-c%11ccc%12oc%13ccc(-c%14ccccc%14-c%14cccnc%14)cc%13c%12c%11)cc%10c9c8)c7)ccn6)ccc54)c3)c2)cc1. The van der Waals surface area contributed by atoms with Gasteiger partial charge in [0.15, 0.2) is 0 Å². The normalized spacial score (nSPS) is 11.8. The van der Waals surface area contributed by atoms with Crippen molar-refractivity contribution >= 4 is 87.5 Å². The molecule has 0 unspecified atom stereocenters. The van der Waals surface area contributed by atoms with Crippen LogP contribution in [-0.4, -0.2) is 29.1 Å². The van der Waals surface area contributed by atoms with Gasteiger partial charge in [-0.25, -0.2) is 0 Å². The molecule has 112 heavy (non-hydrogen) atoms. The summed E-state index contributed by atoms with van der Waals surface area (Å²) < 4.78 is 18.0. The first-order chi connectivity index (χ1) is 55.5. The van der Waals surface area contributed by atoms with Crippen LogP contribution in [0.2, 0.25) is 0 Å². The number of fused-ring (bicyclic) bond motifs is 12. The Morgan fingerprint density at radius 2 is 0.562 bits per heavy atom. The monoisotopic (exact) mass is 1430 g/mol. The predicted molar refractivity (Wildman–Crippen MR) is 461 cm³/mol. The Bertz CT molecular complexity index is 7520. The van der Waals surface area contributed by atoms with E-state index in [4.69, 9.17) is 18.8 Å². The Balaban J connectivity index is 0.591. The highest BCUT2D eigenvalue weighted by molar-refractivity contribution is 6.14. The van der Waals surface area contributed by atoms with E-state index in [2.05, 4.69) is 347 Å². The van der Waals surface area contributed by atoms with Gasteiger partial charge in [0.25, 0.3) is 0 Å². The lowest BCUT2D eigenvalue weighted by Crippen LogP contribution is -1.98. The number of benzene rings is 14. The maximum atomic E-state index is 6.69. The van der Waals surface area contributed by atoms with Gasteiger partial charge in [0.1, 0.15) is 22.3 Å². The van der Waals surface area contributed by atoms with Crippen molar-refractivity contribution in [2.24, 2.45) is 0 Å². The van der Waals surface area contributed by atoms with Gasteiger partial charge in [-0.3, -0.25) is 19.9 Å². The minimum Gasteiger partial charge on any atom is -0.456 e. The van der Waals surface area contributed by atoms with Crippen LogP contribution in [0, 0.1) is 0 Å². The zero-order valence-corrected chi connectivity index (χ0v) is 60.5. The molecule has 0 spiro atoms. The van der Waals surface area contributed by atoms with Crippen LogP contribution < -0.4 is 0 Å². The van der Waals surface area contributed by atoms with Crippen LogP contribution >= 0.6 is 0 Å². The van der Waals surface area contributed by atoms with Crippen LogP contribution in [0.3, 0.4) is 0 Å². The Hall–Kier alpha value is -15.1. The Morgan fingerprint density at radius 1 is 0.188 bits per heavy atom. The summed E-state index contributed by atoms with van der Waals surface area (Å²) in [5.74, 6) is 0. The van der Waals surface area contributed by atoms with Crippen molar-refractivity contribution in [1.82, 2.24) is 29.1 Å². The van der Waals surface area contributed by atoms with Gasteiger partial charge >= 0.3 is 0 Å². The highest BCUT2D eigenvalue weighted by Crippen LogP contribution is 2.46. The minimum absolute atomic E-state index is 0.821. The summed E-state index contributed by atoms with van der Waals surface area (Å²) in [5.41, 5.74) is 33.9. The first kappa shape index (κ1) is 64.1. The lowest BCUT2D eigenvalue weighted by atomic mass is 9.90. The molecule has 22 rings (SSSR count). The number of para-hydroxylation sites is 2. The van der Waals surface area contributed by atoms with Gasteiger partial charge in [-0.05, 0) is 229 Å². The van der Waals surface area contributed by atoms with Crippen molar-refractivity contribution in [3.05, 3.63) is 389 Å². The molecule has 14 aromatic carbocycles. The third-order valence-electron chi connectivity index (χ3n) is 22.5. The van der Waals surface area contributed by atoms with E-state index in [-0.39, 0.29) is 0 Å². The Labute approximate surface area is 644 Å². The number of nitrogens with zero attached hydrogens (tertiary/aromatic N) is 6. The molecule has 8 aromatic heterocycles. The summed E-state index contributed by atoms with van der Waals surface area (Å²) in [6.07, 6.45) is 13.4. The van der Waals surface area contributed by atoms with E-state index in [0.717, 1.165) is 200 Å². The van der Waals surface area contributed by atoms with Gasteiger partial charge in [0, 0.05) is 126 Å². The molecular formula is C104H64N6O2. The third-order valence-corrected chi connectivity index (χ3v) is 22.5. The van der Waals surface area contributed by atoms with Crippen LogP contribution in [0.5, 0.6) is 0 Å². The quantitative estimate of drug-likeness (QED) is 0.114. The molecule has 0 saturated heterocycles. The van der Waals surface area contributed by atoms with Crippen LogP contribution in [0.25, 0.3) is 221 Å². The average Bonchev–Trinajstić information content (AvgIpc) is 1.58. The highest BCUT2D eigenvalue weighted by Gasteiger charge is 2.23. The van der Waals surface area contributed by atoms with Gasteiger partial charge in [-0.15, -0.1) is 0 Å². The Kier molecular flexibility index (Phi) is 15.1. The topological polar surface area (TPSA) is 87.7 Å². The van der Waals surface area contributed by atoms with E-state index in [1.165, 1.54) is 21.5 Å². The molecule has 0 N–H and O–H groups in total. The lowest BCUT2D eigenvalue weighted by molar-refractivity contribution is 0.668. The standard InChI is InChI=1S/C104H64N6O2/c1-2-17-65(18-3-1)76-51-77(64-107-63-76)67-34-41-99-90(53-67)87-29-10-12-31-97(87)109(99)78-21-14-22-79(60-78)110-98-32-13-11-30-88(98)91-54-69(35-42-100(91)110)83-26-8-9-28-86(83)96-59-68(47-50-108-96)66-33-40-85(75-20-16-49-106-62-75)89(52-66)73-39-46-104-95(58-73)94-56-71(37-44-103(94)112-104)81-24-5-4-23-80(81)70-36-43-101-92(55-70)93-57-72(38-45-102(93)111-101)82-25-6-7-27-84(82)74-19-15-48-105-61-74/h1-64H. The molecule has 0 aliphatic heterocycles. The molecule has 522 valence electrons. The van der Waals surface area contributed by atoms with E-state index in [1.807, 2.05) is 61.6 Å². The van der Waals surface area contributed by atoms with Crippen molar-refractivity contribution < 1.29 is 8.83 Å². The van der Waals surface area contributed by atoms with Crippen molar-refractivity contribution in [1.29, 1.82) is 0 Å². The van der Waals surface area contributed by atoms with Crippen molar-refractivity contribution in [2.45, 2.75) is 0 Å². The zero-order chi connectivity index (χ0) is 73.7. The maximum absolute atomic E-state index is 6.69. The Morgan fingerprint density at radius 3 is 1.09 bits per heavy atom. The third kappa shape index (κ3) is 10.9. The van der Waals surface area contributed by atoms with Crippen LogP contribution in [-0.2, 0) is 0 Å². The zero-order valence-electron chi connectivity index (χ0n) is 60.5. The first-order valence-electron chi connectivity index (χ1n) is 37.8. The fourth-order valence-corrected chi connectivity index (χ4v) is 17.2. The largest absolute Gasteiger partial charge is 0.456 e. The molecule has 8 nitrogen and oxygen atoms in total. The van der Waals surface area contributed by atoms with E-state index >= 15 is 0 Å². The van der Waals surface area contributed by atoms with Gasteiger partial charge in [0.2, 0.25) is 0 Å². The average molecular weight is 1430 g/mol. The van der Waals surface area contributed by atoms with E-state index in [0.29, 0.717) is 0 Å². The molecule has 0 radical (unpaired) electrons. The second kappa shape index (κ2) is 26.4. The number of aromatic nitrogens is 6. The molecule has 0 bridgehead atoms. The summed E-state index contributed by atoms with van der Waals surface area (Å²) in [4.78, 5) is 18.9.